The van der Waals surface area contributed by atoms with E-state index in [0.717, 1.165) is 24.2 Å². The van der Waals surface area contributed by atoms with Crippen LogP contribution in [0.25, 0.3) is 0 Å². The summed E-state index contributed by atoms with van der Waals surface area (Å²) >= 11 is 0. The van der Waals surface area contributed by atoms with Gasteiger partial charge < -0.3 is 10.5 Å². The molecule has 0 amide bonds. The van der Waals surface area contributed by atoms with Gasteiger partial charge in [-0.1, -0.05) is 33.3 Å². The first-order valence-electron chi connectivity index (χ1n) is 7.40. The molecule has 21 heavy (non-hydrogen) atoms. The summed E-state index contributed by atoms with van der Waals surface area (Å²) in [6.45, 7) is 8.57. The van der Waals surface area contributed by atoms with E-state index >= 15 is 0 Å². The lowest BCUT2D eigenvalue weighted by Gasteiger charge is -2.14. The highest BCUT2D eigenvalue weighted by molar-refractivity contribution is 5.47. The van der Waals surface area contributed by atoms with Crippen LogP contribution in [0.1, 0.15) is 49.8 Å². The monoisotopic (exact) mass is 285 g/mol. The second-order valence-corrected chi connectivity index (χ2v) is 5.57. The molecule has 0 atom stereocenters. The number of aryl methyl sites for hydroxylation is 1. The first-order chi connectivity index (χ1) is 10.0. The van der Waals surface area contributed by atoms with Gasteiger partial charge in [-0.15, -0.1) is 0 Å². The third-order valence-electron chi connectivity index (χ3n) is 3.52. The maximum Gasteiger partial charge on any atom is 0.227 e. The number of nitrogens with zero attached hydrogens (tertiary/aromatic N) is 2. The Balaban J connectivity index is 2.30. The SMILES string of the molecule is CCCc1c(N)ncnc1Oc1ccc(C(C)C)c(C)c1. The summed E-state index contributed by atoms with van der Waals surface area (Å²) in [6, 6.07) is 6.14. The van der Waals surface area contributed by atoms with E-state index < -0.39 is 0 Å². The second-order valence-electron chi connectivity index (χ2n) is 5.57. The molecular weight excluding hydrogens is 262 g/mol. The lowest BCUT2D eigenvalue weighted by molar-refractivity contribution is 0.454. The van der Waals surface area contributed by atoms with E-state index in [2.05, 4.69) is 43.7 Å². The van der Waals surface area contributed by atoms with E-state index in [1.54, 1.807) is 0 Å². The van der Waals surface area contributed by atoms with Gasteiger partial charge in [-0.25, -0.2) is 9.97 Å². The number of hydrogen-bond acceptors (Lipinski definition) is 4. The zero-order chi connectivity index (χ0) is 15.4. The number of nitrogens with two attached hydrogens (primary N) is 1. The Morgan fingerprint density at radius 2 is 2.00 bits per heavy atom. The van der Waals surface area contributed by atoms with Crippen molar-refractivity contribution >= 4 is 5.82 Å². The Bertz CT molecular complexity index is 623. The zero-order valence-electron chi connectivity index (χ0n) is 13.2. The van der Waals surface area contributed by atoms with Crippen molar-refractivity contribution in [2.75, 3.05) is 5.73 Å². The molecule has 112 valence electrons. The van der Waals surface area contributed by atoms with Crippen molar-refractivity contribution in [3.05, 3.63) is 41.2 Å². The van der Waals surface area contributed by atoms with Crippen LogP contribution < -0.4 is 10.5 Å². The quantitative estimate of drug-likeness (QED) is 0.892. The van der Waals surface area contributed by atoms with Crippen LogP contribution in [0.4, 0.5) is 5.82 Å². The first kappa shape index (κ1) is 15.3. The van der Waals surface area contributed by atoms with Crippen molar-refractivity contribution < 1.29 is 4.74 Å². The number of anilines is 1. The van der Waals surface area contributed by atoms with Gasteiger partial charge in [-0.05, 0) is 42.5 Å². The number of aromatic nitrogens is 2. The minimum Gasteiger partial charge on any atom is -0.439 e. The molecule has 0 aliphatic heterocycles. The largest absolute Gasteiger partial charge is 0.439 e. The van der Waals surface area contributed by atoms with Crippen LogP contribution in [-0.2, 0) is 6.42 Å². The Hall–Kier alpha value is -2.10. The van der Waals surface area contributed by atoms with Gasteiger partial charge in [-0.3, -0.25) is 0 Å². The Kier molecular flexibility index (Phi) is 4.78. The molecule has 0 saturated carbocycles. The summed E-state index contributed by atoms with van der Waals surface area (Å²) in [5.74, 6) is 2.34. The van der Waals surface area contributed by atoms with Gasteiger partial charge in [0.25, 0.3) is 0 Å². The van der Waals surface area contributed by atoms with Gasteiger partial charge in [0, 0.05) is 0 Å². The normalized spacial score (nSPS) is 10.9. The molecule has 2 aromatic rings. The lowest BCUT2D eigenvalue weighted by atomic mass is 9.98. The van der Waals surface area contributed by atoms with Crippen molar-refractivity contribution in [1.29, 1.82) is 0 Å². The van der Waals surface area contributed by atoms with Crippen molar-refractivity contribution in [2.24, 2.45) is 0 Å². The minimum atomic E-state index is 0.498. The van der Waals surface area contributed by atoms with Crippen LogP contribution in [0, 0.1) is 6.92 Å². The van der Waals surface area contributed by atoms with E-state index in [1.807, 2.05) is 12.1 Å². The standard InChI is InChI=1S/C17H23N3O/c1-5-6-15-16(18)19-10-20-17(15)21-13-7-8-14(11(2)3)12(4)9-13/h7-11H,5-6H2,1-4H3,(H2,18,19,20). The van der Waals surface area contributed by atoms with Crippen molar-refractivity contribution in [1.82, 2.24) is 9.97 Å². The zero-order valence-corrected chi connectivity index (χ0v) is 13.2. The highest BCUT2D eigenvalue weighted by Gasteiger charge is 2.12. The summed E-state index contributed by atoms with van der Waals surface area (Å²) < 4.78 is 5.93. The van der Waals surface area contributed by atoms with Crippen LogP contribution in [0.3, 0.4) is 0 Å². The molecule has 4 nitrogen and oxygen atoms in total. The Morgan fingerprint density at radius 3 is 2.62 bits per heavy atom. The first-order valence-corrected chi connectivity index (χ1v) is 7.40. The molecule has 0 bridgehead atoms. The van der Waals surface area contributed by atoms with Gasteiger partial charge in [0.15, 0.2) is 0 Å². The van der Waals surface area contributed by atoms with Gasteiger partial charge in [-0.2, -0.15) is 0 Å². The highest BCUT2D eigenvalue weighted by Crippen LogP contribution is 2.29. The van der Waals surface area contributed by atoms with E-state index in [0.29, 0.717) is 17.6 Å². The number of hydrogen-bond donors (Lipinski definition) is 1. The van der Waals surface area contributed by atoms with E-state index in [-0.39, 0.29) is 0 Å². The predicted molar refractivity (Wildman–Crippen MR) is 85.8 cm³/mol. The maximum absolute atomic E-state index is 5.93. The minimum absolute atomic E-state index is 0.498. The van der Waals surface area contributed by atoms with Crippen molar-refractivity contribution in [3.8, 4) is 11.6 Å². The molecule has 0 fully saturated rings. The molecular formula is C17H23N3O. The van der Waals surface area contributed by atoms with Crippen LogP contribution in [0.2, 0.25) is 0 Å². The molecule has 0 radical (unpaired) electrons. The molecule has 1 aromatic carbocycles. The molecule has 1 heterocycles. The van der Waals surface area contributed by atoms with Crippen LogP contribution in [-0.4, -0.2) is 9.97 Å². The van der Waals surface area contributed by atoms with Crippen molar-refractivity contribution in [3.63, 3.8) is 0 Å². The van der Waals surface area contributed by atoms with Gasteiger partial charge in [0.1, 0.15) is 17.9 Å². The summed E-state index contributed by atoms with van der Waals surface area (Å²) in [4.78, 5) is 8.27. The van der Waals surface area contributed by atoms with E-state index in [1.165, 1.54) is 17.5 Å². The summed E-state index contributed by atoms with van der Waals surface area (Å²) in [5.41, 5.74) is 9.36. The number of nitrogen functional groups attached to an aromatic ring is 1. The van der Waals surface area contributed by atoms with E-state index in [9.17, 15) is 0 Å². The number of rotatable bonds is 5. The third kappa shape index (κ3) is 3.51. The summed E-state index contributed by atoms with van der Waals surface area (Å²) in [7, 11) is 0. The Morgan fingerprint density at radius 1 is 1.24 bits per heavy atom. The Labute approximate surface area is 126 Å². The summed E-state index contributed by atoms with van der Waals surface area (Å²) in [5, 5.41) is 0. The fraction of sp³-hybridized carbons (Fsp3) is 0.412. The fourth-order valence-corrected chi connectivity index (χ4v) is 2.45. The van der Waals surface area contributed by atoms with Crippen molar-refractivity contribution in [2.45, 2.75) is 46.5 Å². The number of benzene rings is 1. The molecule has 0 aliphatic rings. The van der Waals surface area contributed by atoms with Crippen LogP contribution in [0.5, 0.6) is 11.6 Å². The topological polar surface area (TPSA) is 61.0 Å². The molecule has 0 unspecified atom stereocenters. The van der Waals surface area contributed by atoms with Gasteiger partial charge >= 0.3 is 0 Å². The second kappa shape index (κ2) is 6.57. The van der Waals surface area contributed by atoms with Gasteiger partial charge in [0.2, 0.25) is 5.88 Å². The van der Waals surface area contributed by atoms with Crippen LogP contribution in [0.15, 0.2) is 24.5 Å². The highest BCUT2D eigenvalue weighted by atomic mass is 16.5. The number of ether oxygens (including phenoxy) is 1. The fourth-order valence-electron chi connectivity index (χ4n) is 2.45. The molecule has 4 heteroatoms. The molecule has 2 rings (SSSR count). The average molecular weight is 285 g/mol. The van der Waals surface area contributed by atoms with E-state index in [4.69, 9.17) is 10.5 Å². The maximum atomic E-state index is 5.93. The van der Waals surface area contributed by atoms with Crippen LogP contribution >= 0.6 is 0 Å². The summed E-state index contributed by atoms with van der Waals surface area (Å²) in [6.07, 6.45) is 3.23. The lowest BCUT2D eigenvalue weighted by Crippen LogP contribution is -2.03. The molecule has 0 saturated heterocycles. The molecule has 2 N–H and O–H groups in total. The molecule has 1 aromatic heterocycles. The predicted octanol–water partition coefficient (Wildman–Crippen LogP) is 4.24. The smallest absolute Gasteiger partial charge is 0.227 e. The third-order valence-corrected chi connectivity index (χ3v) is 3.52. The average Bonchev–Trinajstić information content (AvgIpc) is 2.42. The molecule has 0 spiro atoms. The van der Waals surface area contributed by atoms with Gasteiger partial charge in [0.05, 0.1) is 5.56 Å². The molecule has 0 aliphatic carbocycles.